The molecule has 6 nitrogen and oxygen atoms in total. The summed E-state index contributed by atoms with van der Waals surface area (Å²) in [6.07, 6.45) is -1.73. The van der Waals surface area contributed by atoms with Crippen LogP contribution in [-0.4, -0.2) is 54.0 Å². The molecule has 0 unspecified atom stereocenters. The Labute approximate surface area is 168 Å². The fourth-order valence-electron chi connectivity index (χ4n) is 3.71. The summed E-state index contributed by atoms with van der Waals surface area (Å²) >= 11 is 0. The zero-order valence-electron chi connectivity index (χ0n) is 17.0. The average Bonchev–Trinajstić information content (AvgIpc) is 3.29. The molecule has 2 aliphatic rings. The van der Waals surface area contributed by atoms with Crippen molar-refractivity contribution >= 4 is 11.9 Å². The smallest absolute Gasteiger partial charge is 0.410 e. The summed E-state index contributed by atoms with van der Waals surface area (Å²) in [5.41, 5.74) is -0.316. The summed E-state index contributed by atoms with van der Waals surface area (Å²) in [4.78, 5) is 18.0. The minimum absolute atomic E-state index is 0.135. The van der Waals surface area contributed by atoms with Crippen molar-refractivity contribution in [1.29, 1.82) is 0 Å². The number of hydrogen-bond donors (Lipinski definition) is 1. The molecule has 0 aromatic carbocycles. The third-order valence-corrected chi connectivity index (χ3v) is 5.40. The molecule has 0 bridgehead atoms. The second kappa shape index (κ2) is 7.91. The number of likely N-dealkylation sites (tertiary alicyclic amines) is 1. The first-order valence-electron chi connectivity index (χ1n) is 9.84. The minimum atomic E-state index is -4.30. The molecule has 1 aromatic heterocycles. The highest BCUT2D eigenvalue weighted by Gasteiger charge is 2.55. The number of amides is 1. The van der Waals surface area contributed by atoms with Crippen LogP contribution in [0.5, 0.6) is 5.88 Å². The van der Waals surface area contributed by atoms with Crippen molar-refractivity contribution in [2.75, 3.05) is 31.6 Å². The molecule has 0 radical (unpaired) electrons. The number of carbonyl (C=O) groups is 1. The van der Waals surface area contributed by atoms with Crippen molar-refractivity contribution in [1.82, 2.24) is 9.88 Å². The first-order valence-corrected chi connectivity index (χ1v) is 9.84. The maximum atomic E-state index is 12.3. The van der Waals surface area contributed by atoms with E-state index in [9.17, 15) is 18.0 Å². The number of piperidine rings is 1. The number of pyridine rings is 1. The lowest BCUT2D eigenvalue weighted by molar-refractivity contribution is -0.115. The molecule has 162 valence electrons. The number of ether oxygens (including phenoxy) is 2. The Morgan fingerprint density at radius 2 is 1.97 bits per heavy atom. The van der Waals surface area contributed by atoms with Gasteiger partial charge in [0.1, 0.15) is 18.0 Å². The Balaban J connectivity index is 1.44. The summed E-state index contributed by atoms with van der Waals surface area (Å²) in [7, 11) is 0. The van der Waals surface area contributed by atoms with Crippen LogP contribution in [0.25, 0.3) is 0 Å². The Bertz CT molecular complexity index is 726. The van der Waals surface area contributed by atoms with E-state index in [2.05, 4.69) is 10.3 Å². The van der Waals surface area contributed by atoms with Crippen LogP contribution in [0.2, 0.25) is 0 Å². The van der Waals surface area contributed by atoms with E-state index in [1.54, 1.807) is 17.0 Å². The van der Waals surface area contributed by atoms with Gasteiger partial charge in [0.25, 0.3) is 0 Å². The highest BCUT2D eigenvalue weighted by molar-refractivity contribution is 5.68. The van der Waals surface area contributed by atoms with Crippen LogP contribution >= 0.6 is 0 Å². The molecule has 1 atom stereocenters. The van der Waals surface area contributed by atoms with E-state index in [0.717, 1.165) is 19.3 Å². The second-order valence-corrected chi connectivity index (χ2v) is 8.87. The normalized spacial score (nSPS) is 21.0. The van der Waals surface area contributed by atoms with Gasteiger partial charge in [-0.1, -0.05) is 6.07 Å². The fraction of sp³-hybridized carbons (Fsp3) is 0.700. The number of hydrogen-bond acceptors (Lipinski definition) is 5. The van der Waals surface area contributed by atoms with Crippen molar-refractivity contribution < 1.29 is 27.4 Å². The van der Waals surface area contributed by atoms with Crippen molar-refractivity contribution in [3.63, 3.8) is 0 Å². The molecule has 1 N–H and O–H groups in total. The SMILES string of the molecule is CC(C)(C)OC(=O)N1CCC2(CC1)C[C@H]2COc1cccc(NCC(F)(F)F)n1. The van der Waals surface area contributed by atoms with E-state index >= 15 is 0 Å². The van der Waals surface area contributed by atoms with E-state index in [4.69, 9.17) is 9.47 Å². The van der Waals surface area contributed by atoms with E-state index in [1.807, 2.05) is 20.8 Å². The third-order valence-electron chi connectivity index (χ3n) is 5.40. The van der Waals surface area contributed by atoms with Gasteiger partial charge in [0.2, 0.25) is 5.88 Å². The minimum Gasteiger partial charge on any atom is -0.477 e. The van der Waals surface area contributed by atoms with Crippen molar-refractivity contribution in [2.24, 2.45) is 11.3 Å². The second-order valence-electron chi connectivity index (χ2n) is 8.87. The van der Waals surface area contributed by atoms with Gasteiger partial charge < -0.3 is 19.7 Å². The number of rotatable bonds is 5. The predicted molar refractivity (Wildman–Crippen MR) is 102 cm³/mol. The quantitative estimate of drug-likeness (QED) is 0.769. The largest absolute Gasteiger partial charge is 0.477 e. The standard InChI is InChI=1S/C20H28F3N3O3/c1-18(2,3)29-17(27)26-9-7-19(8-10-26)11-14(19)12-28-16-6-4-5-15(25-16)24-13-20(21,22)23/h4-6,14H,7-13H2,1-3H3,(H,24,25)/t14-/m0/s1. The van der Waals surface area contributed by atoms with E-state index in [1.165, 1.54) is 6.07 Å². The van der Waals surface area contributed by atoms with Gasteiger partial charge in [-0.15, -0.1) is 0 Å². The molecule has 1 spiro atoms. The van der Waals surface area contributed by atoms with E-state index in [0.29, 0.717) is 31.5 Å². The molecule has 1 saturated carbocycles. The predicted octanol–water partition coefficient (Wildman–Crippen LogP) is 4.47. The van der Waals surface area contributed by atoms with Gasteiger partial charge in [0.15, 0.2) is 0 Å². The van der Waals surface area contributed by atoms with Gasteiger partial charge in [-0.3, -0.25) is 0 Å². The Kier molecular flexibility index (Phi) is 5.87. The number of nitrogens with zero attached hydrogens (tertiary/aromatic N) is 2. The first-order chi connectivity index (χ1) is 13.5. The van der Waals surface area contributed by atoms with Gasteiger partial charge in [-0.25, -0.2) is 4.79 Å². The summed E-state index contributed by atoms with van der Waals surface area (Å²) in [6.45, 7) is 6.23. The maximum Gasteiger partial charge on any atom is 0.410 e. The van der Waals surface area contributed by atoms with Gasteiger partial charge in [-0.05, 0) is 57.4 Å². The topological polar surface area (TPSA) is 63.7 Å². The van der Waals surface area contributed by atoms with Crippen LogP contribution in [-0.2, 0) is 4.74 Å². The molecule has 1 aromatic rings. The van der Waals surface area contributed by atoms with Gasteiger partial charge in [0.05, 0.1) is 6.61 Å². The molecule has 1 amide bonds. The zero-order chi connectivity index (χ0) is 21.3. The molecule has 1 saturated heterocycles. The summed E-state index contributed by atoms with van der Waals surface area (Å²) < 4.78 is 48.1. The number of anilines is 1. The van der Waals surface area contributed by atoms with Crippen molar-refractivity contribution in [2.45, 2.75) is 51.8 Å². The molecule has 1 aliphatic heterocycles. The van der Waals surface area contributed by atoms with Crippen LogP contribution in [0, 0.1) is 11.3 Å². The van der Waals surface area contributed by atoms with Crippen molar-refractivity contribution in [3.8, 4) is 5.88 Å². The number of alkyl halides is 3. The lowest BCUT2D eigenvalue weighted by atomic mass is 9.91. The van der Waals surface area contributed by atoms with Crippen LogP contribution in [0.1, 0.15) is 40.0 Å². The molecule has 9 heteroatoms. The Morgan fingerprint density at radius 3 is 2.59 bits per heavy atom. The third kappa shape index (κ3) is 6.14. The highest BCUT2D eigenvalue weighted by Crippen LogP contribution is 2.59. The van der Waals surface area contributed by atoms with Gasteiger partial charge >= 0.3 is 12.3 Å². The molecular formula is C20H28F3N3O3. The van der Waals surface area contributed by atoms with Crippen LogP contribution in [0.15, 0.2) is 18.2 Å². The number of carbonyl (C=O) groups excluding carboxylic acids is 1. The Hall–Kier alpha value is -2.19. The first kappa shape index (κ1) is 21.5. The lowest BCUT2D eigenvalue weighted by Gasteiger charge is -2.34. The number of nitrogens with one attached hydrogen (secondary N) is 1. The molecule has 29 heavy (non-hydrogen) atoms. The van der Waals surface area contributed by atoms with Crippen LogP contribution in [0.3, 0.4) is 0 Å². The molecular weight excluding hydrogens is 387 g/mol. The summed E-state index contributed by atoms with van der Waals surface area (Å²) in [5, 5.41) is 2.25. The summed E-state index contributed by atoms with van der Waals surface area (Å²) in [5.74, 6) is 0.818. The van der Waals surface area contributed by atoms with Gasteiger partial charge in [-0.2, -0.15) is 18.2 Å². The summed E-state index contributed by atoms with van der Waals surface area (Å²) in [6, 6.07) is 4.73. The number of halogens is 3. The van der Waals surface area contributed by atoms with E-state index in [-0.39, 0.29) is 17.3 Å². The zero-order valence-corrected chi connectivity index (χ0v) is 17.0. The average molecular weight is 415 g/mol. The lowest BCUT2D eigenvalue weighted by Crippen LogP contribution is -2.42. The molecule has 3 rings (SSSR count). The molecule has 2 fully saturated rings. The monoisotopic (exact) mass is 415 g/mol. The van der Waals surface area contributed by atoms with Crippen LogP contribution < -0.4 is 10.1 Å². The molecule has 2 heterocycles. The van der Waals surface area contributed by atoms with Crippen LogP contribution in [0.4, 0.5) is 23.8 Å². The Morgan fingerprint density at radius 1 is 1.28 bits per heavy atom. The molecule has 1 aliphatic carbocycles. The highest BCUT2D eigenvalue weighted by atomic mass is 19.4. The van der Waals surface area contributed by atoms with Crippen molar-refractivity contribution in [3.05, 3.63) is 18.2 Å². The van der Waals surface area contributed by atoms with E-state index < -0.39 is 18.3 Å². The fourth-order valence-corrected chi connectivity index (χ4v) is 3.71. The van der Waals surface area contributed by atoms with Gasteiger partial charge in [0, 0.05) is 19.2 Å². The maximum absolute atomic E-state index is 12.3. The number of aromatic nitrogens is 1.